The highest BCUT2D eigenvalue weighted by atomic mass is 16.3. The Hall–Kier alpha value is -1.46. The summed E-state index contributed by atoms with van der Waals surface area (Å²) >= 11 is 0. The lowest BCUT2D eigenvalue weighted by atomic mass is 9.88. The van der Waals surface area contributed by atoms with Crippen molar-refractivity contribution in [2.45, 2.75) is 66.5 Å². The monoisotopic (exact) mass is 363 g/mol. The van der Waals surface area contributed by atoms with E-state index in [4.69, 9.17) is 0 Å². The standard InChI is InChI=1S/C21H37N3O2/c1-9-21(5,6)20(26)24(8)14-18(25)13-23(7)12-17-10-11-19(15(2)3)22-16(17)4/h10-11,15,18,25H,9,12-14H2,1-8H3. The molecule has 0 saturated carbocycles. The largest absolute Gasteiger partial charge is 0.390 e. The molecule has 0 bridgehead atoms. The summed E-state index contributed by atoms with van der Waals surface area (Å²) in [6.07, 6.45) is 0.204. The van der Waals surface area contributed by atoms with Crippen LogP contribution >= 0.6 is 0 Å². The number of amides is 1. The molecule has 0 aliphatic rings. The van der Waals surface area contributed by atoms with E-state index >= 15 is 0 Å². The molecule has 0 aliphatic carbocycles. The number of pyridine rings is 1. The minimum atomic E-state index is -0.579. The number of aryl methyl sites for hydroxylation is 1. The Morgan fingerprint density at radius 1 is 1.23 bits per heavy atom. The van der Waals surface area contributed by atoms with Gasteiger partial charge < -0.3 is 10.0 Å². The predicted molar refractivity (Wildman–Crippen MR) is 107 cm³/mol. The van der Waals surface area contributed by atoms with Gasteiger partial charge >= 0.3 is 0 Å². The first kappa shape index (κ1) is 22.6. The van der Waals surface area contributed by atoms with Crippen molar-refractivity contribution >= 4 is 5.91 Å². The van der Waals surface area contributed by atoms with E-state index in [2.05, 4.69) is 35.9 Å². The van der Waals surface area contributed by atoms with Crippen molar-refractivity contribution in [2.75, 3.05) is 27.2 Å². The SMILES string of the molecule is CCC(C)(C)C(=O)N(C)CC(O)CN(C)Cc1ccc(C(C)C)nc1C. The second-order valence-corrected chi connectivity index (χ2v) is 8.41. The molecule has 148 valence electrons. The molecule has 1 aromatic rings. The van der Waals surface area contributed by atoms with Crippen molar-refractivity contribution in [3.8, 4) is 0 Å². The zero-order valence-electron chi connectivity index (χ0n) is 17.8. The van der Waals surface area contributed by atoms with E-state index < -0.39 is 6.10 Å². The number of likely N-dealkylation sites (N-methyl/N-ethyl adjacent to an activating group) is 2. The van der Waals surface area contributed by atoms with Gasteiger partial charge in [0.1, 0.15) is 0 Å². The number of aromatic nitrogens is 1. The molecule has 1 unspecified atom stereocenters. The zero-order valence-corrected chi connectivity index (χ0v) is 17.8. The maximum absolute atomic E-state index is 12.4. The summed E-state index contributed by atoms with van der Waals surface area (Å²) in [6.45, 7) is 13.8. The normalized spacial score (nSPS) is 13.3. The van der Waals surface area contributed by atoms with Gasteiger partial charge in [0, 0.05) is 43.5 Å². The first-order valence-electron chi connectivity index (χ1n) is 9.56. The maximum atomic E-state index is 12.4. The minimum absolute atomic E-state index is 0.0750. The number of nitrogens with zero attached hydrogens (tertiary/aromatic N) is 3. The lowest BCUT2D eigenvalue weighted by molar-refractivity contribution is -0.140. The summed E-state index contributed by atoms with van der Waals surface area (Å²) in [5, 5.41) is 10.4. The van der Waals surface area contributed by atoms with Crippen molar-refractivity contribution < 1.29 is 9.90 Å². The second-order valence-electron chi connectivity index (χ2n) is 8.41. The Labute approximate surface area is 159 Å². The molecule has 0 radical (unpaired) electrons. The summed E-state index contributed by atoms with van der Waals surface area (Å²) in [6, 6.07) is 4.20. The number of aliphatic hydroxyl groups excluding tert-OH is 1. The van der Waals surface area contributed by atoms with Crippen LogP contribution in [0.25, 0.3) is 0 Å². The van der Waals surface area contributed by atoms with E-state index in [1.54, 1.807) is 11.9 Å². The molecule has 1 rings (SSSR count). The van der Waals surface area contributed by atoms with Gasteiger partial charge in [-0.25, -0.2) is 0 Å². The highest BCUT2D eigenvalue weighted by Gasteiger charge is 2.29. The third kappa shape index (κ3) is 6.36. The Kier molecular flexibility index (Phi) is 8.22. The van der Waals surface area contributed by atoms with Crippen LogP contribution < -0.4 is 0 Å². The molecule has 0 spiro atoms. The zero-order chi connectivity index (χ0) is 20.1. The Morgan fingerprint density at radius 2 is 1.85 bits per heavy atom. The molecule has 0 aliphatic heterocycles. The summed E-state index contributed by atoms with van der Waals surface area (Å²) in [7, 11) is 3.75. The topological polar surface area (TPSA) is 56.7 Å². The van der Waals surface area contributed by atoms with Gasteiger partial charge in [-0.1, -0.05) is 40.7 Å². The summed E-state index contributed by atoms with van der Waals surface area (Å²) in [4.78, 5) is 20.8. The number of hydrogen-bond donors (Lipinski definition) is 1. The third-order valence-corrected chi connectivity index (χ3v) is 5.07. The van der Waals surface area contributed by atoms with Crippen LogP contribution in [0.1, 0.15) is 63.9 Å². The molecule has 1 N–H and O–H groups in total. The number of rotatable bonds is 9. The first-order valence-corrected chi connectivity index (χ1v) is 9.56. The molecule has 1 heterocycles. The Bertz CT molecular complexity index is 599. The van der Waals surface area contributed by atoms with E-state index in [0.29, 0.717) is 19.0 Å². The fraction of sp³-hybridized carbons (Fsp3) is 0.714. The van der Waals surface area contributed by atoms with E-state index in [1.165, 1.54) is 5.56 Å². The van der Waals surface area contributed by atoms with Gasteiger partial charge in [0.15, 0.2) is 0 Å². The van der Waals surface area contributed by atoms with E-state index in [9.17, 15) is 9.90 Å². The van der Waals surface area contributed by atoms with Crippen molar-refractivity contribution in [2.24, 2.45) is 5.41 Å². The van der Waals surface area contributed by atoms with Crippen molar-refractivity contribution in [3.05, 3.63) is 29.1 Å². The highest BCUT2D eigenvalue weighted by Crippen LogP contribution is 2.22. The van der Waals surface area contributed by atoms with Gasteiger partial charge in [0.2, 0.25) is 5.91 Å². The minimum Gasteiger partial charge on any atom is -0.390 e. The fourth-order valence-electron chi connectivity index (χ4n) is 2.94. The van der Waals surface area contributed by atoms with Crippen molar-refractivity contribution in [1.82, 2.24) is 14.8 Å². The number of carbonyl (C=O) groups is 1. The molecule has 1 amide bonds. The smallest absolute Gasteiger partial charge is 0.228 e. The molecule has 5 nitrogen and oxygen atoms in total. The molecular weight excluding hydrogens is 326 g/mol. The molecule has 0 fully saturated rings. The molecular formula is C21H37N3O2. The van der Waals surface area contributed by atoms with Gasteiger partial charge in [-0.05, 0) is 37.9 Å². The van der Waals surface area contributed by atoms with Gasteiger partial charge in [-0.2, -0.15) is 0 Å². The lowest BCUT2D eigenvalue weighted by Crippen LogP contribution is -2.44. The van der Waals surface area contributed by atoms with Crippen LogP contribution in [0, 0.1) is 12.3 Å². The Morgan fingerprint density at radius 3 is 2.35 bits per heavy atom. The second kappa shape index (κ2) is 9.47. The number of hydrogen-bond acceptors (Lipinski definition) is 4. The van der Waals surface area contributed by atoms with Crippen LogP contribution in [0.2, 0.25) is 0 Å². The quantitative estimate of drug-likeness (QED) is 0.732. The molecule has 5 heteroatoms. The molecule has 0 saturated heterocycles. The molecule has 1 aromatic heterocycles. The third-order valence-electron chi connectivity index (χ3n) is 5.07. The first-order chi connectivity index (χ1) is 12.0. The van der Waals surface area contributed by atoms with Gasteiger partial charge in [-0.3, -0.25) is 14.7 Å². The van der Waals surface area contributed by atoms with Crippen LogP contribution in [-0.4, -0.2) is 59.1 Å². The van der Waals surface area contributed by atoms with Gasteiger partial charge in [0.25, 0.3) is 0 Å². The Balaban J connectivity index is 2.60. The highest BCUT2D eigenvalue weighted by molar-refractivity contribution is 5.81. The van der Waals surface area contributed by atoms with E-state index in [-0.39, 0.29) is 11.3 Å². The average Bonchev–Trinajstić information content (AvgIpc) is 2.55. The van der Waals surface area contributed by atoms with Crippen molar-refractivity contribution in [3.63, 3.8) is 0 Å². The van der Waals surface area contributed by atoms with Crippen molar-refractivity contribution in [1.29, 1.82) is 0 Å². The summed E-state index contributed by atoms with van der Waals surface area (Å²) < 4.78 is 0. The van der Waals surface area contributed by atoms with E-state index in [1.807, 2.05) is 34.7 Å². The van der Waals surface area contributed by atoms with Gasteiger partial charge in [0.05, 0.1) is 6.10 Å². The fourth-order valence-corrected chi connectivity index (χ4v) is 2.94. The molecule has 0 aromatic carbocycles. The predicted octanol–water partition coefficient (Wildman–Crippen LogP) is 3.20. The van der Waals surface area contributed by atoms with Crippen LogP contribution in [0.3, 0.4) is 0 Å². The summed E-state index contributed by atoms with van der Waals surface area (Å²) in [5.41, 5.74) is 2.92. The summed E-state index contributed by atoms with van der Waals surface area (Å²) in [5.74, 6) is 0.494. The lowest BCUT2D eigenvalue weighted by Gasteiger charge is -2.31. The van der Waals surface area contributed by atoms with E-state index in [0.717, 1.165) is 24.4 Å². The number of aliphatic hydroxyl groups is 1. The molecule has 26 heavy (non-hydrogen) atoms. The average molecular weight is 364 g/mol. The number of carbonyl (C=O) groups excluding carboxylic acids is 1. The van der Waals surface area contributed by atoms with Crippen LogP contribution in [0.4, 0.5) is 0 Å². The van der Waals surface area contributed by atoms with Crippen LogP contribution in [0.5, 0.6) is 0 Å². The van der Waals surface area contributed by atoms with Crippen LogP contribution in [0.15, 0.2) is 12.1 Å². The van der Waals surface area contributed by atoms with Gasteiger partial charge in [-0.15, -0.1) is 0 Å². The van der Waals surface area contributed by atoms with Crippen LogP contribution in [-0.2, 0) is 11.3 Å². The maximum Gasteiger partial charge on any atom is 0.228 e. The molecule has 1 atom stereocenters.